The van der Waals surface area contributed by atoms with Gasteiger partial charge in [-0.25, -0.2) is 13.8 Å². The molecule has 2 aromatic carbocycles. The molecule has 0 atom stereocenters. The standard InChI is InChI=1S/C20H12BrF2N3OS/c21-15-7-2-1-6-14(15)19(27)26(11-13-5-3-4-8-24-13)20-25-18-16(23)9-12(22)10-17(18)28-20/h1-10H,11H2. The fourth-order valence-corrected chi connectivity index (χ4v) is 4.18. The first-order valence-corrected chi connectivity index (χ1v) is 9.86. The lowest BCUT2D eigenvalue weighted by atomic mass is 10.2. The zero-order valence-corrected chi connectivity index (χ0v) is 16.7. The number of pyridine rings is 1. The summed E-state index contributed by atoms with van der Waals surface area (Å²) in [5.74, 6) is -1.77. The second-order valence-corrected chi connectivity index (χ2v) is 7.79. The third-order valence-corrected chi connectivity index (χ3v) is 5.75. The van der Waals surface area contributed by atoms with Crippen LogP contribution in [-0.2, 0) is 6.54 Å². The van der Waals surface area contributed by atoms with Gasteiger partial charge in [-0.05, 0) is 46.3 Å². The molecule has 0 saturated carbocycles. The van der Waals surface area contributed by atoms with Gasteiger partial charge in [0.15, 0.2) is 10.9 Å². The summed E-state index contributed by atoms with van der Waals surface area (Å²) in [6.45, 7) is 0.144. The number of nitrogens with zero attached hydrogens (tertiary/aromatic N) is 3. The minimum absolute atomic E-state index is 0.0346. The van der Waals surface area contributed by atoms with Gasteiger partial charge in [0.05, 0.1) is 22.5 Å². The molecule has 0 fully saturated rings. The molecule has 4 rings (SSSR count). The Morgan fingerprint density at radius 1 is 1.11 bits per heavy atom. The molecule has 28 heavy (non-hydrogen) atoms. The van der Waals surface area contributed by atoms with E-state index in [1.807, 2.05) is 6.07 Å². The number of aromatic nitrogens is 2. The predicted octanol–water partition coefficient (Wildman–Crippen LogP) is 5.58. The monoisotopic (exact) mass is 459 g/mol. The smallest absolute Gasteiger partial charge is 0.261 e. The van der Waals surface area contributed by atoms with E-state index in [4.69, 9.17) is 0 Å². The van der Waals surface area contributed by atoms with Crippen LogP contribution in [0.4, 0.5) is 13.9 Å². The Balaban J connectivity index is 1.82. The van der Waals surface area contributed by atoms with Crippen LogP contribution >= 0.6 is 27.3 Å². The molecule has 140 valence electrons. The number of carbonyl (C=O) groups excluding carboxylic acids is 1. The molecule has 0 unspecified atom stereocenters. The van der Waals surface area contributed by atoms with Crippen molar-refractivity contribution in [2.75, 3.05) is 4.90 Å². The van der Waals surface area contributed by atoms with Crippen molar-refractivity contribution < 1.29 is 13.6 Å². The van der Waals surface area contributed by atoms with E-state index in [0.29, 0.717) is 20.4 Å². The zero-order chi connectivity index (χ0) is 19.7. The minimum atomic E-state index is -0.761. The summed E-state index contributed by atoms with van der Waals surface area (Å²) in [6.07, 6.45) is 1.63. The number of carbonyl (C=O) groups is 1. The van der Waals surface area contributed by atoms with Crippen LogP contribution in [0.1, 0.15) is 16.1 Å². The number of benzene rings is 2. The van der Waals surface area contributed by atoms with Gasteiger partial charge in [-0.2, -0.15) is 0 Å². The Labute approximate surface area is 171 Å². The maximum Gasteiger partial charge on any atom is 0.261 e. The molecule has 0 N–H and O–H groups in total. The lowest BCUT2D eigenvalue weighted by molar-refractivity contribution is 0.0984. The summed E-state index contributed by atoms with van der Waals surface area (Å²) >= 11 is 4.44. The van der Waals surface area contributed by atoms with Crippen LogP contribution in [0.25, 0.3) is 10.2 Å². The molecule has 0 aliphatic rings. The molecule has 0 bridgehead atoms. The quantitative estimate of drug-likeness (QED) is 0.400. The van der Waals surface area contributed by atoms with Crippen LogP contribution in [0.3, 0.4) is 0 Å². The molecular weight excluding hydrogens is 448 g/mol. The summed E-state index contributed by atoms with van der Waals surface area (Å²) in [4.78, 5) is 23.2. The van der Waals surface area contributed by atoms with Crippen molar-refractivity contribution in [3.05, 3.63) is 88.2 Å². The van der Waals surface area contributed by atoms with Crippen LogP contribution < -0.4 is 4.90 Å². The highest BCUT2D eigenvalue weighted by molar-refractivity contribution is 9.10. The van der Waals surface area contributed by atoms with Crippen molar-refractivity contribution in [2.45, 2.75) is 6.54 Å². The van der Waals surface area contributed by atoms with Gasteiger partial charge in [0.25, 0.3) is 5.91 Å². The predicted molar refractivity (Wildman–Crippen MR) is 108 cm³/mol. The number of thiazole rings is 1. The molecular formula is C20H12BrF2N3OS. The van der Waals surface area contributed by atoms with Gasteiger partial charge < -0.3 is 0 Å². The molecule has 4 aromatic rings. The molecule has 1 amide bonds. The number of fused-ring (bicyclic) bond motifs is 1. The number of halogens is 3. The Morgan fingerprint density at radius 3 is 2.64 bits per heavy atom. The molecule has 4 nitrogen and oxygen atoms in total. The van der Waals surface area contributed by atoms with Gasteiger partial charge in [-0.15, -0.1) is 0 Å². The summed E-state index contributed by atoms with van der Waals surface area (Å²) in [5, 5.41) is 0.269. The third-order valence-electron chi connectivity index (χ3n) is 4.03. The minimum Gasteiger partial charge on any atom is -0.278 e. The Morgan fingerprint density at radius 2 is 1.89 bits per heavy atom. The molecule has 2 aromatic heterocycles. The number of rotatable bonds is 4. The number of amides is 1. The zero-order valence-electron chi connectivity index (χ0n) is 14.3. The topological polar surface area (TPSA) is 46.1 Å². The molecule has 0 aliphatic heterocycles. The molecule has 8 heteroatoms. The van der Waals surface area contributed by atoms with E-state index < -0.39 is 11.6 Å². The maximum atomic E-state index is 14.1. The summed E-state index contributed by atoms with van der Waals surface area (Å²) < 4.78 is 28.7. The first kappa shape index (κ1) is 18.6. The first-order chi connectivity index (χ1) is 13.5. The van der Waals surface area contributed by atoms with E-state index in [-0.39, 0.29) is 23.1 Å². The molecule has 2 heterocycles. The third kappa shape index (κ3) is 3.65. The lowest BCUT2D eigenvalue weighted by Crippen LogP contribution is -2.31. The van der Waals surface area contributed by atoms with E-state index >= 15 is 0 Å². The highest BCUT2D eigenvalue weighted by Crippen LogP contribution is 2.33. The molecule has 0 aliphatic carbocycles. The largest absolute Gasteiger partial charge is 0.278 e. The van der Waals surface area contributed by atoms with Gasteiger partial charge in [-0.3, -0.25) is 14.7 Å². The van der Waals surface area contributed by atoms with Crippen LogP contribution in [0.15, 0.2) is 65.3 Å². The Bertz CT molecular complexity index is 1170. The molecule has 0 saturated heterocycles. The van der Waals surface area contributed by atoms with Gasteiger partial charge in [0, 0.05) is 16.7 Å². The highest BCUT2D eigenvalue weighted by Gasteiger charge is 2.24. The van der Waals surface area contributed by atoms with Gasteiger partial charge >= 0.3 is 0 Å². The van der Waals surface area contributed by atoms with E-state index in [9.17, 15) is 13.6 Å². The second kappa shape index (κ2) is 7.73. The van der Waals surface area contributed by atoms with E-state index in [0.717, 1.165) is 17.4 Å². The Kier molecular flexibility index (Phi) is 5.15. The first-order valence-electron chi connectivity index (χ1n) is 8.25. The number of hydrogen-bond acceptors (Lipinski definition) is 4. The Hall–Kier alpha value is -2.71. The summed E-state index contributed by atoms with van der Waals surface area (Å²) in [7, 11) is 0. The van der Waals surface area contributed by atoms with Crippen molar-refractivity contribution in [2.24, 2.45) is 0 Å². The van der Waals surface area contributed by atoms with Crippen LogP contribution in [0.2, 0.25) is 0 Å². The average molecular weight is 460 g/mol. The SMILES string of the molecule is O=C(c1ccccc1Br)N(Cc1ccccn1)c1nc2c(F)cc(F)cc2s1. The van der Waals surface area contributed by atoms with Gasteiger partial charge in [0.2, 0.25) is 0 Å². The van der Waals surface area contributed by atoms with E-state index in [1.165, 1.54) is 11.0 Å². The van der Waals surface area contributed by atoms with Crippen LogP contribution in [0, 0.1) is 11.6 Å². The van der Waals surface area contributed by atoms with Gasteiger partial charge in [0.1, 0.15) is 11.3 Å². The lowest BCUT2D eigenvalue weighted by Gasteiger charge is -2.20. The summed E-state index contributed by atoms with van der Waals surface area (Å²) in [5.41, 5.74) is 1.12. The summed E-state index contributed by atoms with van der Waals surface area (Å²) in [6, 6.07) is 14.4. The number of anilines is 1. The van der Waals surface area contributed by atoms with E-state index in [2.05, 4.69) is 25.9 Å². The average Bonchev–Trinajstić information content (AvgIpc) is 3.11. The van der Waals surface area contributed by atoms with Crippen molar-refractivity contribution in [1.82, 2.24) is 9.97 Å². The van der Waals surface area contributed by atoms with Crippen molar-refractivity contribution in [3.63, 3.8) is 0 Å². The normalized spacial score (nSPS) is 11.0. The fourth-order valence-electron chi connectivity index (χ4n) is 2.72. The molecule has 0 radical (unpaired) electrons. The van der Waals surface area contributed by atoms with Crippen molar-refractivity contribution in [3.8, 4) is 0 Å². The van der Waals surface area contributed by atoms with Crippen LogP contribution in [0.5, 0.6) is 0 Å². The fraction of sp³-hybridized carbons (Fsp3) is 0.0500. The maximum absolute atomic E-state index is 14.1. The van der Waals surface area contributed by atoms with E-state index in [1.54, 1.807) is 42.6 Å². The van der Waals surface area contributed by atoms with Crippen molar-refractivity contribution >= 4 is 48.5 Å². The molecule has 0 spiro atoms. The van der Waals surface area contributed by atoms with Crippen LogP contribution in [-0.4, -0.2) is 15.9 Å². The second-order valence-electron chi connectivity index (χ2n) is 5.92. The van der Waals surface area contributed by atoms with Gasteiger partial charge in [-0.1, -0.05) is 29.5 Å². The number of hydrogen-bond donors (Lipinski definition) is 0. The van der Waals surface area contributed by atoms with Crippen molar-refractivity contribution in [1.29, 1.82) is 0 Å². The highest BCUT2D eigenvalue weighted by atomic mass is 79.9.